The maximum Gasteiger partial charge on any atom is 0.308 e. The van der Waals surface area contributed by atoms with Gasteiger partial charge in [0.25, 0.3) is 0 Å². The van der Waals surface area contributed by atoms with Gasteiger partial charge in [0.2, 0.25) is 0 Å². The molecule has 0 saturated heterocycles. The Bertz CT molecular complexity index is 367. The van der Waals surface area contributed by atoms with Crippen molar-refractivity contribution in [3.63, 3.8) is 0 Å². The van der Waals surface area contributed by atoms with Crippen LogP contribution < -0.4 is 0 Å². The third-order valence-corrected chi connectivity index (χ3v) is 3.54. The maximum atomic E-state index is 11.4. The van der Waals surface area contributed by atoms with Gasteiger partial charge in [-0.05, 0) is 31.2 Å². The number of carbonyl (C=O) groups excluding carboxylic acids is 1. The standard InChI is InChI=1S/C15H20O3/c1-17-15(16)13-7-9-14(10-8-13)18-11-12-5-3-2-4-6-12/h2-6,13-14H,7-11H2,1H3. The molecule has 0 amide bonds. The average molecular weight is 248 g/mol. The fraction of sp³-hybridized carbons (Fsp3) is 0.533. The summed E-state index contributed by atoms with van der Waals surface area (Å²) in [5.41, 5.74) is 1.20. The van der Waals surface area contributed by atoms with Gasteiger partial charge in [-0.1, -0.05) is 30.3 Å². The first-order valence-electron chi connectivity index (χ1n) is 6.53. The van der Waals surface area contributed by atoms with Crippen LogP contribution in [0.2, 0.25) is 0 Å². The molecule has 18 heavy (non-hydrogen) atoms. The van der Waals surface area contributed by atoms with Gasteiger partial charge in [0, 0.05) is 0 Å². The molecular weight excluding hydrogens is 228 g/mol. The number of hydrogen-bond acceptors (Lipinski definition) is 3. The summed E-state index contributed by atoms with van der Waals surface area (Å²) in [5, 5.41) is 0. The molecule has 1 saturated carbocycles. The fourth-order valence-corrected chi connectivity index (χ4v) is 2.42. The Morgan fingerprint density at radius 2 is 1.83 bits per heavy atom. The smallest absolute Gasteiger partial charge is 0.308 e. The van der Waals surface area contributed by atoms with Crippen molar-refractivity contribution in [1.29, 1.82) is 0 Å². The second-order valence-electron chi connectivity index (χ2n) is 4.79. The Hall–Kier alpha value is -1.35. The van der Waals surface area contributed by atoms with Crippen molar-refractivity contribution < 1.29 is 14.3 Å². The lowest BCUT2D eigenvalue weighted by molar-refractivity contribution is -0.147. The van der Waals surface area contributed by atoms with Crippen molar-refractivity contribution in [3.05, 3.63) is 35.9 Å². The molecule has 1 aromatic rings. The molecule has 0 spiro atoms. The first kappa shape index (κ1) is 13.1. The molecule has 0 atom stereocenters. The van der Waals surface area contributed by atoms with E-state index in [1.807, 2.05) is 18.2 Å². The summed E-state index contributed by atoms with van der Waals surface area (Å²) in [6.45, 7) is 0.661. The Morgan fingerprint density at radius 3 is 2.44 bits per heavy atom. The number of esters is 1. The molecule has 0 heterocycles. The highest BCUT2D eigenvalue weighted by Gasteiger charge is 2.27. The third kappa shape index (κ3) is 3.57. The Morgan fingerprint density at radius 1 is 1.17 bits per heavy atom. The van der Waals surface area contributed by atoms with Gasteiger partial charge in [0.05, 0.1) is 25.7 Å². The van der Waals surface area contributed by atoms with Crippen LogP contribution in [0.25, 0.3) is 0 Å². The summed E-state index contributed by atoms with van der Waals surface area (Å²) in [6.07, 6.45) is 3.95. The minimum Gasteiger partial charge on any atom is -0.469 e. The van der Waals surface area contributed by atoms with E-state index in [0.717, 1.165) is 25.7 Å². The lowest BCUT2D eigenvalue weighted by Gasteiger charge is -2.27. The molecule has 3 heteroatoms. The Balaban J connectivity index is 1.72. The second kappa shape index (κ2) is 6.55. The molecule has 2 rings (SSSR count). The largest absolute Gasteiger partial charge is 0.469 e. The lowest BCUT2D eigenvalue weighted by atomic mass is 9.87. The number of rotatable bonds is 4. The summed E-state index contributed by atoms with van der Waals surface area (Å²) in [7, 11) is 1.46. The first-order valence-corrected chi connectivity index (χ1v) is 6.53. The van der Waals surface area contributed by atoms with Gasteiger partial charge in [-0.25, -0.2) is 0 Å². The normalized spacial score (nSPS) is 23.6. The summed E-state index contributed by atoms with van der Waals surface area (Å²) >= 11 is 0. The van der Waals surface area contributed by atoms with E-state index in [1.165, 1.54) is 12.7 Å². The highest BCUT2D eigenvalue weighted by atomic mass is 16.5. The number of benzene rings is 1. The Labute approximate surface area is 108 Å². The van der Waals surface area contributed by atoms with E-state index in [-0.39, 0.29) is 18.0 Å². The van der Waals surface area contributed by atoms with Crippen molar-refractivity contribution in [3.8, 4) is 0 Å². The first-order chi connectivity index (χ1) is 8.79. The van der Waals surface area contributed by atoms with E-state index in [1.54, 1.807) is 0 Å². The monoisotopic (exact) mass is 248 g/mol. The van der Waals surface area contributed by atoms with E-state index < -0.39 is 0 Å². The molecule has 0 unspecified atom stereocenters. The van der Waals surface area contributed by atoms with Crippen LogP contribution in [0.15, 0.2) is 30.3 Å². The summed E-state index contributed by atoms with van der Waals surface area (Å²) < 4.78 is 10.7. The van der Waals surface area contributed by atoms with Gasteiger partial charge in [-0.2, -0.15) is 0 Å². The predicted molar refractivity (Wildman–Crippen MR) is 69.0 cm³/mol. The summed E-state index contributed by atoms with van der Waals surface area (Å²) in [4.78, 5) is 11.4. The SMILES string of the molecule is COC(=O)C1CCC(OCc2ccccc2)CC1. The van der Waals surface area contributed by atoms with Crippen LogP contribution in [0.4, 0.5) is 0 Å². The molecule has 98 valence electrons. The van der Waals surface area contributed by atoms with E-state index in [0.29, 0.717) is 6.61 Å². The molecule has 0 aromatic heterocycles. The van der Waals surface area contributed by atoms with Crippen molar-refractivity contribution in [2.24, 2.45) is 5.92 Å². The van der Waals surface area contributed by atoms with Gasteiger partial charge in [-0.3, -0.25) is 4.79 Å². The van der Waals surface area contributed by atoms with Crippen LogP contribution in [0, 0.1) is 5.92 Å². The predicted octanol–water partition coefficient (Wildman–Crippen LogP) is 2.94. The number of carbonyl (C=O) groups is 1. The molecule has 0 N–H and O–H groups in total. The van der Waals surface area contributed by atoms with Crippen molar-refractivity contribution in [2.45, 2.75) is 38.4 Å². The lowest BCUT2D eigenvalue weighted by Crippen LogP contribution is -2.26. The number of ether oxygens (including phenoxy) is 2. The van der Waals surface area contributed by atoms with Gasteiger partial charge in [-0.15, -0.1) is 0 Å². The number of methoxy groups -OCH3 is 1. The average Bonchev–Trinajstić information content (AvgIpc) is 2.46. The van der Waals surface area contributed by atoms with Crippen LogP contribution in [0.5, 0.6) is 0 Å². The zero-order valence-corrected chi connectivity index (χ0v) is 10.8. The van der Waals surface area contributed by atoms with Crippen LogP contribution in [-0.2, 0) is 20.9 Å². The summed E-state index contributed by atoms with van der Waals surface area (Å²) in [6, 6.07) is 10.2. The molecule has 1 aliphatic rings. The van der Waals surface area contributed by atoms with Gasteiger partial charge < -0.3 is 9.47 Å². The number of hydrogen-bond donors (Lipinski definition) is 0. The highest BCUT2D eigenvalue weighted by molar-refractivity contribution is 5.72. The van der Waals surface area contributed by atoms with E-state index >= 15 is 0 Å². The van der Waals surface area contributed by atoms with Gasteiger partial charge in [0.15, 0.2) is 0 Å². The van der Waals surface area contributed by atoms with Crippen molar-refractivity contribution in [1.82, 2.24) is 0 Å². The molecule has 1 fully saturated rings. The molecule has 0 bridgehead atoms. The van der Waals surface area contributed by atoms with Crippen LogP contribution >= 0.6 is 0 Å². The van der Waals surface area contributed by atoms with Crippen molar-refractivity contribution in [2.75, 3.05) is 7.11 Å². The molecule has 0 radical (unpaired) electrons. The maximum absolute atomic E-state index is 11.4. The third-order valence-electron chi connectivity index (χ3n) is 3.54. The van der Waals surface area contributed by atoms with Crippen LogP contribution in [0.1, 0.15) is 31.2 Å². The quantitative estimate of drug-likeness (QED) is 0.768. The zero-order valence-electron chi connectivity index (χ0n) is 10.8. The molecule has 1 aromatic carbocycles. The second-order valence-corrected chi connectivity index (χ2v) is 4.79. The van der Waals surface area contributed by atoms with E-state index in [2.05, 4.69) is 12.1 Å². The molecule has 3 nitrogen and oxygen atoms in total. The van der Waals surface area contributed by atoms with Crippen molar-refractivity contribution >= 4 is 5.97 Å². The Kier molecular flexibility index (Phi) is 4.76. The topological polar surface area (TPSA) is 35.5 Å². The van der Waals surface area contributed by atoms with Crippen LogP contribution in [0.3, 0.4) is 0 Å². The molecular formula is C15H20O3. The zero-order chi connectivity index (χ0) is 12.8. The van der Waals surface area contributed by atoms with Gasteiger partial charge >= 0.3 is 5.97 Å². The van der Waals surface area contributed by atoms with E-state index in [9.17, 15) is 4.79 Å². The summed E-state index contributed by atoms with van der Waals surface area (Å²) in [5.74, 6) is 0.00286. The van der Waals surface area contributed by atoms with E-state index in [4.69, 9.17) is 9.47 Å². The molecule has 1 aliphatic carbocycles. The minimum absolute atomic E-state index is 0.0727. The molecule has 0 aliphatic heterocycles. The highest BCUT2D eigenvalue weighted by Crippen LogP contribution is 2.27. The van der Waals surface area contributed by atoms with Gasteiger partial charge in [0.1, 0.15) is 0 Å². The minimum atomic E-state index is -0.0727. The fourth-order valence-electron chi connectivity index (χ4n) is 2.42. The van der Waals surface area contributed by atoms with Crippen LogP contribution in [-0.4, -0.2) is 19.2 Å².